The van der Waals surface area contributed by atoms with E-state index >= 15 is 0 Å². The smallest absolute Gasteiger partial charge is 0.381 e. The minimum absolute atomic E-state index is 0.288. The summed E-state index contributed by atoms with van der Waals surface area (Å²) in [7, 11) is 0. The Balaban J connectivity index is 2.15. The van der Waals surface area contributed by atoms with Crippen LogP contribution in [0.5, 0.6) is 0 Å². The van der Waals surface area contributed by atoms with Gasteiger partial charge in [-0.05, 0) is 40.6 Å². The van der Waals surface area contributed by atoms with Gasteiger partial charge in [-0.25, -0.2) is 0 Å². The van der Waals surface area contributed by atoms with E-state index in [1.807, 2.05) is 16.8 Å². The second kappa shape index (κ2) is 5.20. The Morgan fingerprint density at radius 2 is 2.00 bits per heavy atom. The fourth-order valence-electron chi connectivity index (χ4n) is 1.45. The van der Waals surface area contributed by atoms with E-state index in [2.05, 4.69) is 5.32 Å². The highest BCUT2D eigenvalue weighted by Crippen LogP contribution is 2.36. The van der Waals surface area contributed by atoms with E-state index in [4.69, 9.17) is 11.6 Å². The second-order valence-electron chi connectivity index (χ2n) is 3.68. The van der Waals surface area contributed by atoms with Gasteiger partial charge in [0.1, 0.15) is 0 Å². The van der Waals surface area contributed by atoms with Crippen LogP contribution in [0.1, 0.15) is 11.1 Å². The summed E-state index contributed by atoms with van der Waals surface area (Å²) in [6.45, 7) is 0.489. The van der Waals surface area contributed by atoms with Gasteiger partial charge in [-0.3, -0.25) is 0 Å². The Labute approximate surface area is 111 Å². The van der Waals surface area contributed by atoms with E-state index in [1.165, 1.54) is 12.1 Å². The molecule has 1 aromatic heterocycles. The van der Waals surface area contributed by atoms with Crippen LogP contribution >= 0.6 is 22.9 Å². The Kier molecular flexibility index (Phi) is 3.82. The van der Waals surface area contributed by atoms with Crippen molar-refractivity contribution >= 4 is 28.6 Å². The van der Waals surface area contributed by atoms with E-state index in [-0.39, 0.29) is 5.02 Å². The van der Waals surface area contributed by atoms with E-state index in [1.54, 1.807) is 11.3 Å². The van der Waals surface area contributed by atoms with Gasteiger partial charge in [0.25, 0.3) is 0 Å². The summed E-state index contributed by atoms with van der Waals surface area (Å²) in [4.78, 5) is 0. The number of hydrogen-bond donors (Lipinski definition) is 1. The molecule has 0 radical (unpaired) electrons. The monoisotopic (exact) mass is 291 g/mol. The summed E-state index contributed by atoms with van der Waals surface area (Å²) < 4.78 is 37.9. The van der Waals surface area contributed by atoms with Crippen LogP contribution in [0, 0.1) is 0 Å². The summed E-state index contributed by atoms with van der Waals surface area (Å²) in [5.74, 6) is 0. The average molecular weight is 292 g/mol. The van der Waals surface area contributed by atoms with Crippen molar-refractivity contribution in [2.45, 2.75) is 12.7 Å². The fourth-order valence-corrected chi connectivity index (χ4v) is 2.34. The first-order valence-electron chi connectivity index (χ1n) is 5.08. The Morgan fingerprint density at radius 3 is 2.61 bits per heavy atom. The topological polar surface area (TPSA) is 12.0 Å². The van der Waals surface area contributed by atoms with Gasteiger partial charge in [0, 0.05) is 12.2 Å². The average Bonchev–Trinajstić information content (AvgIpc) is 2.79. The van der Waals surface area contributed by atoms with Crippen LogP contribution in [0.2, 0.25) is 5.02 Å². The molecule has 96 valence electrons. The molecule has 0 atom stereocenters. The number of hydrogen-bond acceptors (Lipinski definition) is 2. The van der Waals surface area contributed by atoms with Crippen molar-refractivity contribution in [3.05, 3.63) is 51.2 Å². The molecule has 0 aliphatic carbocycles. The van der Waals surface area contributed by atoms with Crippen molar-refractivity contribution in [3.8, 4) is 0 Å². The van der Waals surface area contributed by atoms with Crippen LogP contribution in [-0.4, -0.2) is 0 Å². The molecule has 0 amide bonds. The maximum Gasteiger partial charge on any atom is 0.417 e. The summed E-state index contributed by atoms with van der Waals surface area (Å²) in [6.07, 6.45) is -4.43. The zero-order valence-corrected chi connectivity index (χ0v) is 10.7. The van der Waals surface area contributed by atoms with Crippen LogP contribution < -0.4 is 5.32 Å². The lowest BCUT2D eigenvalue weighted by atomic mass is 10.2. The third-order valence-electron chi connectivity index (χ3n) is 2.35. The third-order valence-corrected chi connectivity index (χ3v) is 3.41. The largest absolute Gasteiger partial charge is 0.417 e. The summed E-state index contributed by atoms with van der Waals surface area (Å²) in [6, 6.07) is 5.72. The molecule has 0 bridgehead atoms. The van der Waals surface area contributed by atoms with E-state index in [0.717, 1.165) is 11.6 Å². The van der Waals surface area contributed by atoms with Gasteiger partial charge in [-0.1, -0.05) is 11.6 Å². The highest BCUT2D eigenvalue weighted by Gasteiger charge is 2.33. The maximum atomic E-state index is 12.6. The molecule has 2 aromatic rings. The van der Waals surface area contributed by atoms with Crippen molar-refractivity contribution < 1.29 is 13.2 Å². The molecule has 0 fully saturated rings. The molecule has 1 heterocycles. The molecule has 0 unspecified atom stereocenters. The maximum absolute atomic E-state index is 12.6. The number of alkyl halides is 3. The fraction of sp³-hybridized carbons (Fsp3) is 0.167. The van der Waals surface area contributed by atoms with Gasteiger partial charge in [0.05, 0.1) is 10.6 Å². The number of thiophene rings is 1. The van der Waals surface area contributed by atoms with Crippen molar-refractivity contribution in [2.24, 2.45) is 0 Å². The molecule has 18 heavy (non-hydrogen) atoms. The van der Waals surface area contributed by atoms with Crippen LogP contribution in [0.3, 0.4) is 0 Å². The minimum Gasteiger partial charge on any atom is -0.381 e. The molecule has 0 aliphatic rings. The summed E-state index contributed by atoms with van der Waals surface area (Å²) in [5.41, 5.74) is 0.612. The highest BCUT2D eigenvalue weighted by molar-refractivity contribution is 7.07. The standard InChI is InChI=1S/C12H9ClF3NS/c13-11-2-1-9(5-10(11)12(14,15)16)17-6-8-3-4-18-7-8/h1-5,7,17H,6H2. The molecule has 0 saturated carbocycles. The Bertz CT molecular complexity index is 523. The predicted molar refractivity (Wildman–Crippen MR) is 68.1 cm³/mol. The lowest BCUT2D eigenvalue weighted by molar-refractivity contribution is -0.137. The number of nitrogens with one attached hydrogen (secondary N) is 1. The number of halogens is 4. The Hall–Kier alpha value is -1.20. The van der Waals surface area contributed by atoms with Gasteiger partial charge in [0.15, 0.2) is 0 Å². The van der Waals surface area contributed by atoms with Crippen LogP contribution in [-0.2, 0) is 12.7 Å². The predicted octanol–water partition coefficient (Wildman–Crippen LogP) is 5.03. The summed E-state index contributed by atoms with van der Waals surface area (Å²) in [5, 5.41) is 6.50. The SMILES string of the molecule is FC(F)(F)c1cc(NCc2ccsc2)ccc1Cl. The molecule has 1 N–H and O–H groups in total. The zero-order chi connectivity index (χ0) is 13.2. The molecule has 2 rings (SSSR count). The number of anilines is 1. The summed E-state index contributed by atoms with van der Waals surface area (Å²) >= 11 is 7.08. The molecule has 1 aromatic carbocycles. The molecule has 0 spiro atoms. The molecule has 0 aliphatic heterocycles. The molecule has 1 nitrogen and oxygen atoms in total. The molecular weight excluding hydrogens is 283 g/mol. The Morgan fingerprint density at radius 1 is 1.22 bits per heavy atom. The minimum atomic E-state index is -4.43. The molecular formula is C12H9ClF3NS. The van der Waals surface area contributed by atoms with E-state index in [9.17, 15) is 13.2 Å². The van der Waals surface area contributed by atoms with E-state index in [0.29, 0.717) is 12.2 Å². The van der Waals surface area contributed by atoms with Crippen molar-refractivity contribution in [1.29, 1.82) is 0 Å². The highest BCUT2D eigenvalue weighted by atomic mass is 35.5. The van der Waals surface area contributed by atoms with Crippen molar-refractivity contribution in [3.63, 3.8) is 0 Å². The molecule has 6 heteroatoms. The van der Waals surface area contributed by atoms with Crippen LogP contribution in [0.4, 0.5) is 18.9 Å². The first kappa shape index (κ1) is 13.2. The van der Waals surface area contributed by atoms with Gasteiger partial charge in [-0.2, -0.15) is 24.5 Å². The lowest BCUT2D eigenvalue weighted by Gasteiger charge is -2.12. The first-order chi connectivity index (χ1) is 8.47. The van der Waals surface area contributed by atoms with Crippen LogP contribution in [0.25, 0.3) is 0 Å². The van der Waals surface area contributed by atoms with Crippen molar-refractivity contribution in [1.82, 2.24) is 0 Å². The third kappa shape index (κ3) is 3.17. The van der Waals surface area contributed by atoms with Gasteiger partial charge in [-0.15, -0.1) is 0 Å². The normalized spacial score (nSPS) is 11.6. The molecule has 0 saturated heterocycles. The van der Waals surface area contributed by atoms with Gasteiger partial charge >= 0.3 is 6.18 Å². The zero-order valence-electron chi connectivity index (χ0n) is 9.09. The second-order valence-corrected chi connectivity index (χ2v) is 4.86. The number of benzene rings is 1. The van der Waals surface area contributed by atoms with E-state index < -0.39 is 11.7 Å². The van der Waals surface area contributed by atoms with Crippen molar-refractivity contribution in [2.75, 3.05) is 5.32 Å². The van der Waals surface area contributed by atoms with Gasteiger partial charge in [0.2, 0.25) is 0 Å². The van der Waals surface area contributed by atoms with Gasteiger partial charge < -0.3 is 5.32 Å². The lowest BCUT2D eigenvalue weighted by Crippen LogP contribution is -2.07. The van der Waals surface area contributed by atoms with Crippen LogP contribution in [0.15, 0.2) is 35.0 Å². The quantitative estimate of drug-likeness (QED) is 0.836. The number of rotatable bonds is 3. The first-order valence-corrected chi connectivity index (χ1v) is 6.40.